The molecule has 6 heteroatoms. The molecule has 4 nitrogen and oxygen atoms in total. The minimum absolute atomic E-state index is 0.192. The quantitative estimate of drug-likeness (QED) is 0.177. The molecule has 0 radical (unpaired) electrons. The topological polar surface area (TPSA) is 52.6 Å². The molecule has 0 unspecified atom stereocenters. The summed E-state index contributed by atoms with van der Waals surface area (Å²) in [5.41, 5.74) is 3.39. The number of rotatable bonds is 6. The molecule has 0 aliphatic heterocycles. The average molecular weight is 461 g/mol. The van der Waals surface area contributed by atoms with E-state index in [-0.39, 0.29) is 11.5 Å². The maximum Gasteiger partial charge on any atom is 0.353 e. The van der Waals surface area contributed by atoms with E-state index in [1.165, 1.54) is 22.7 Å². The van der Waals surface area contributed by atoms with Crippen LogP contribution in [-0.2, 0) is 9.47 Å². The molecular weight excluding hydrogens is 440 g/mol. The van der Waals surface area contributed by atoms with Gasteiger partial charge in [0.05, 0.1) is 0 Å². The highest BCUT2D eigenvalue weighted by Crippen LogP contribution is 2.32. The second-order valence-corrected chi connectivity index (χ2v) is 9.02. The number of carbonyl (C=O) groups is 2. The third kappa shape index (κ3) is 5.04. The Labute approximate surface area is 194 Å². The van der Waals surface area contributed by atoms with Crippen molar-refractivity contribution in [2.45, 2.75) is 13.8 Å². The molecule has 0 amide bonds. The van der Waals surface area contributed by atoms with E-state index in [0.717, 1.165) is 11.1 Å². The lowest BCUT2D eigenvalue weighted by atomic mass is 10.1. The third-order valence-corrected chi connectivity index (χ3v) is 6.37. The van der Waals surface area contributed by atoms with E-state index in [4.69, 9.17) is 9.47 Å². The van der Waals surface area contributed by atoms with E-state index in [9.17, 15) is 9.59 Å². The van der Waals surface area contributed by atoms with E-state index in [1.54, 1.807) is 24.3 Å². The van der Waals surface area contributed by atoms with Gasteiger partial charge in [-0.3, -0.25) is 0 Å². The average Bonchev–Trinajstić information content (AvgIpc) is 3.52. The predicted octanol–water partition coefficient (Wildman–Crippen LogP) is 6.97. The molecule has 0 N–H and O–H groups in total. The molecule has 0 saturated heterocycles. The van der Waals surface area contributed by atoms with Crippen molar-refractivity contribution in [3.8, 4) is 0 Å². The summed E-state index contributed by atoms with van der Waals surface area (Å²) >= 11 is 2.58. The van der Waals surface area contributed by atoms with E-state index in [0.29, 0.717) is 20.9 Å². The molecule has 4 rings (SSSR count). The van der Waals surface area contributed by atoms with E-state index >= 15 is 0 Å². The van der Waals surface area contributed by atoms with Gasteiger partial charge in [-0.15, -0.1) is 22.7 Å². The fraction of sp³-hybridized carbons (Fsp3) is 0.0769. The van der Waals surface area contributed by atoms with Crippen LogP contribution in [0.25, 0.3) is 11.5 Å². The number of thiophene rings is 2. The van der Waals surface area contributed by atoms with Crippen molar-refractivity contribution < 1.29 is 19.1 Å². The highest BCUT2D eigenvalue weighted by atomic mass is 32.1. The van der Waals surface area contributed by atoms with Crippen LogP contribution in [0.15, 0.2) is 83.6 Å². The molecule has 0 fully saturated rings. The normalized spacial score (nSPS) is 11.6. The van der Waals surface area contributed by atoms with Crippen molar-refractivity contribution in [3.63, 3.8) is 0 Å². The maximum absolute atomic E-state index is 12.9. The Morgan fingerprint density at radius 2 is 0.969 bits per heavy atom. The Bertz CT molecular complexity index is 1130. The first-order valence-electron chi connectivity index (χ1n) is 9.91. The number of ether oxygens (including phenoxy) is 2. The van der Waals surface area contributed by atoms with Crippen molar-refractivity contribution in [3.05, 3.63) is 116 Å². The van der Waals surface area contributed by atoms with Gasteiger partial charge in [0.1, 0.15) is 9.75 Å². The molecule has 2 aromatic carbocycles. The maximum atomic E-state index is 12.9. The minimum Gasteiger partial charge on any atom is -0.418 e. The van der Waals surface area contributed by atoms with E-state index in [1.807, 2.05) is 73.1 Å². The van der Waals surface area contributed by atoms with Gasteiger partial charge in [0, 0.05) is 11.1 Å². The molecule has 0 aliphatic rings. The Morgan fingerprint density at radius 1 is 0.594 bits per heavy atom. The molecule has 0 spiro atoms. The molecule has 0 saturated carbocycles. The van der Waals surface area contributed by atoms with Crippen molar-refractivity contribution in [2.24, 2.45) is 0 Å². The smallest absolute Gasteiger partial charge is 0.353 e. The van der Waals surface area contributed by atoms with Gasteiger partial charge in [-0.2, -0.15) is 0 Å². The molecule has 0 atom stereocenters. The van der Waals surface area contributed by atoms with Crippen LogP contribution in [0.4, 0.5) is 0 Å². The van der Waals surface area contributed by atoms with Crippen LogP contribution in [0.1, 0.15) is 41.6 Å². The highest BCUT2D eigenvalue weighted by molar-refractivity contribution is 7.12. The number of aryl methyl sites for hydroxylation is 2. The summed E-state index contributed by atoms with van der Waals surface area (Å²) in [4.78, 5) is 26.7. The highest BCUT2D eigenvalue weighted by Gasteiger charge is 2.23. The van der Waals surface area contributed by atoms with Gasteiger partial charge < -0.3 is 9.47 Å². The molecule has 0 aliphatic carbocycles. The monoisotopic (exact) mass is 460 g/mol. The van der Waals surface area contributed by atoms with Crippen LogP contribution >= 0.6 is 22.7 Å². The summed E-state index contributed by atoms with van der Waals surface area (Å²) in [6.07, 6.45) is 0. The van der Waals surface area contributed by atoms with Crippen molar-refractivity contribution in [1.29, 1.82) is 0 Å². The Hall–Kier alpha value is -3.48. The summed E-state index contributed by atoms with van der Waals surface area (Å²) in [5, 5.41) is 3.62. The lowest BCUT2D eigenvalue weighted by Gasteiger charge is -2.16. The molecular formula is C26H20O4S2. The number of carbonyl (C=O) groups excluding carboxylic acids is 2. The zero-order chi connectivity index (χ0) is 22.5. The zero-order valence-corrected chi connectivity index (χ0v) is 19.2. The van der Waals surface area contributed by atoms with E-state index in [2.05, 4.69) is 0 Å². The second-order valence-electron chi connectivity index (χ2n) is 7.12. The Morgan fingerprint density at radius 3 is 1.28 bits per heavy atom. The minimum atomic E-state index is -0.507. The molecule has 4 aromatic rings. The van der Waals surface area contributed by atoms with Gasteiger partial charge in [-0.25, -0.2) is 9.59 Å². The number of hydrogen-bond acceptors (Lipinski definition) is 6. The van der Waals surface area contributed by atoms with Crippen molar-refractivity contribution >= 4 is 46.1 Å². The van der Waals surface area contributed by atoms with Crippen molar-refractivity contribution in [1.82, 2.24) is 0 Å². The molecule has 0 bridgehead atoms. The molecule has 160 valence electrons. The summed E-state index contributed by atoms with van der Waals surface area (Å²) in [6, 6.07) is 22.0. The van der Waals surface area contributed by atoms with Gasteiger partial charge in [0.15, 0.2) is 11.5 Å². The lowest BCUT2D eigenvalue weighted by molar-refractivity contribution is 0.0652. The summed E-state index contributed by atoms with van der Waals surface area (Å²) in [6.45, 7) is 3.95. The summed E-state index contributed by atoms with van der Waals surface area (Å²) in [5.74, 6) is -0.631. The lowest BCUT2D eigenvalue weighted by Crippen LogP contribution is -2.10. The molecule has 32 heavy (non-hydrogen) atoms. The Balaban J connectivity index is 1.86. The number of hydrogen-bond donors (Lipinski definition) is 0. The fourth-order valence-corrected chi connectivity index (χ4v) is 4.16. The van der Waals surface area contributed by atoms with Gasteiger partial charge in [-0.05, 0) is 36.7 Å². The van der Waals surface area contributed by atoms with Gasteiger partial charge in [0.2, 0.25) is 0 Å². The third-order valence-electron chi connectivity index (χ3n) is 4.67. The van der Waals surface area contributed by atoms with Gasteiger partial charge in [-0.1, -0.05) is 71.8 Å². The van der Waals surface area contributed by atoms with E-state index < -0.39 is 11.9 Å². The predicted molar refractivity (Wildman–Crippen MR) is 129 cm³/mol. The number of benzene rings is 2. The van der Waals surface area contributed by atoms with Crippen molar-refractivity contribution in [2.75, 3.05) is 0 Å². The second kappa shape index (κ2) is 9.77. The molecule has 2 heterocycles. The summed E-state index contributed by atoms with van der Waals surface area (Å²) < 4.78 is 11.7. The molecule has 2 aromatic heterocycles. The van der Waals surface area contributed by atoms with Gasteiger partial charge in [0.25, 0.3) is 0 Å². The summed E-state index contributed by atoms with van der Waals surface area (Å²) in [7, 11) is 0. The first-order chi connectivity index (χ1) is 15.5. The first kappa shape index (κ1) is 21.7. The van der Waals surface area contributed by atoms with Crippen LogP contribution in [-0.4, -0.2) is 11.9 Å². The van der Waals surface area contributed by atoms with Crippen LogP contribution in [0.2, 0.25) is 0 Å². The number of esters is 2. The van der Waals surface area contributed by atoms with Crippen LogP contribution in [0.3, 0.4) is 0 Å². The van der Waals surface area contributed by atoms with Gasteiger partial charge >= 0.3 is 11.9 Å². The SMILES string of the molecule is Cc1ccc(/C(OC(=O)c2cccs2)=C(\OC(=O)c2cccs2)c2ccc(C)cc2)cc1. The Kier molecular flexibility index (Phi) is 6.63. The van der Waals surface area contributed by atoms with Crippen LogP contribution < -0.4 is 0 Å². The zero-order valence-electron chi connectivity index (χ0n) is 17.5. The van der Waals surface area contributed by atoms with Crippen LogP contribution in [0.5, 0.6) is 0 Å². The first-order valence-corrected chi connectivity index (χ1v) is 11.7. The largest absolute Gasteiger partial charge is 0.418 e. The standard InChI is InChI=1S/C26H20O4S2/c1-17-7-11-19(12-8-17)23(29-25(27)21-5-3-15-31-21)24(20-13-9-18(2)10-14-20)30-26(28)22-6-4-16-32-22/h3-16H,1-2H3/b24-23+. The van der Waals surface area contributed by atoms with Crippen LogP contribution in [0, 0.1) is 13.8 Å². The fourth-order valence-electron chi connectivity index (χ4n) is 2.96.